The number of carbonyl (C=O) groups is 2. The number of hydrogen-bond donors (Lipinski definition) is 3. The summed E-state index contributed by atoms with van der Waals surface area (Å²) in [6, 6.07) is -0.888. The van der Waals surface area contributed by atoms with Crippen LogP contribution in [0.2, 0.25) is 0 Å². The fourth-order valence-corrected chi connectivity index (χ4v) is 1.35. The molecule has 0 aliphatic heterocycles. The number of halogens is 3. The lowest BCUT2D eigenvalue weighted by Gasteiger charge is -2.13. The van der Waals surface area contributed by atoms with Gasteiger partial charge in [0.15, 0.2) is 11.6 Å². The fraction of sp³-hybridized carbons (Fsp3) is 0.273. The summed E-state index contributed by atoms with van der Waals surface area (Å²) in [6.07, 6.45) is -0.345. The molecule has 1 unspecified atom stereocenters. The van der Waals surface area contributed by atoms with Gasteiger partial charge in [0, 0.05) is 18.2 Å². The molecule has 1 aromatic carbocycles. The minimum atomic E-state index is -1.27. The van der Waals surface area contributed by atoms with Crippen LogP contribution in [0.1, 0.15) is 13.3 Å². The van der Waals surface area contributed by atoms with Gasteiger partial charge in [-0.1, -0.05) is 0 Å². The Morgan fingerprint density at radius 3 is 2.26 bits per heavy atom. The van der Waals surface area contributed by atoms with E-state index in [1.807, 2.05) is 5.32 Å². The third kappa shape index (κ3) is 4.49. The maximum absolute atomic E-state index is 13.2. The van der Waals surface area contributed by atoms with E-state index in [4.69, 9.17) is 5.11 Å². The molecule has 5 nitrogen and oxygen atoms in total. The lowest BCUT2D eigenvalue weighted by atomic mass is 10.2. The summed E-state index contributed by atoms with van der Waals surface area (Å²) >= 11 is 0. The van der Waals surface area contributed by atoms with Gasteiger partial charge in [0.25, 0.3) is 0 Å². The summed E-state index contributed by atoms with van der Waals surface area (Å²) in [6.45, 7) is 1.41. The molecule has 0 fully saturated rings. The molecule has 0 bridgehead atoms. The second kappa shape index (κ2) is 6.07. The lowest BCUT2D eigenvalue weighted by Crippen LogP contribution is -2.37. The molecule has 0 heterocycles. The number of nitrogens with one attached hydrogen (secondary N) is 2. The van der Waals surface area contributed by atoms with Gasteiger partial charge in [-0.05, 0) is 6.92 Å². The average Bonchev–Trinajstić information content (AvgIpc) is 2.21. The second-order valence-corrected chi connectivity index (χ2v) is 3.84. The largest absolute Gasteiger partial charge is 0.481 e. The molecular formula is C11H11F3N2O3. The monoisotopic (exact) mass is 276 g/mol. The molecule has 3 N–H and O–H groups in total. The lowest BCUT2D eigenvalue weighted by molar-refractivity contribution is -0.137. The summed E-state index contributed by atoms with van der Waals surface area (Å²) in [5.41, 5.74) is -0.804. The SMILES string of the molecule is CC(CC(=O)O)NC(=O)Nc1c(F)cc(F)cc1F. The summed E-state index contributed by atoms with van der Waals surface area (Å²) in [7, 11) is 0. The van der Waals surface area contributed by atoms with Crippen LogP contribution in [0.25, 0.3) is 0 Å². The Morgan fingerprint density at radius 1 is 1.26 bits per heavy atom. The van der Waals surface area contributed by atoms with E-state index in [0.29, 0.717) is 12.1 Å². The predicted octanol–water partition coefficient (Wildman–Crippen LogP) is 2.09. The van der Waals surface area contributed by atoms with Crippen LogP contribution in [-0.4, -0.2) is 23.1 Å². The Hall–Kier alpha value is -2.25. The van der Waals surface area contributed by atoms with E-state index in [9.17, 15) is 22.8 Å². The maximum Gasteiger partial charge on any atom is 0.319 e. The highest BCUT2D eigenvalue weighted by Gasteiger charge is 2.16. The topological polar surface area (TPSA) is 78.4 Å². The molecule has 1 atom stereocenters. The van der Waals surface area contributed by atoms with Crippen LogP contribution in [0.3, 0.4) is 0 Å². The van der Waals surface area contributed by atoms with Crippen molar-refractivity contribution in [2.24, 2.45) is 0 Å². The quantitative estimate of drug-likeness (QED) is 0.788. The molecule has 19 heavy (non-hydrogen) atoms. The van der Waals surface area contributed by atoms with Crippen molar-refractivity contribution in [1.82, 2.24) is 5.32 Å². The second-order valence-electron chi connectivity index (χ2n) is 3.84. The first-order chi connectivity index (χ1) is 8.79. The minimum Gasteiger partial charge on any atom is -0.481 e. The van der Waals surface area contributed by atoms with Crippen molar-refractivity contribution in [3.8, 4) is 0 Å². The number of benzene rings is 1. The number of rotatable bonds is 4. The van der Waals surface area contributed by atoms with Crippen LogP contribution in [0.4, 0.5) is 23.7 Å². The highest BCUT2D eigenvalue weighted by Crippen LogP contribution is 2.19. The Morgan fingerprint density at radius 2 is 1.79 bits per heavy atom. The van der Waals surface area contributed by atoms with Crippen LogP contribution < -0.4 is 10.6 Å². The summed E-state index contributed by atoms with van der Waals surface area (Å²) in [5.74, 6) is -4.77. The van der Waals surface area contributed by atoms with E-state index in [-0.39, 0.29) is 6.42 Å². The number of carboxylic acids is 1. The Balaban J connectivity index is 2.70. The zero-order valence-electron chi connectivity index (χ0n) is 9.84. The van der Waals surface area contributed by atoms with E-state index >= 15 is 0 Å². The normalized spacial score (nSPS) is 11.8. The smallest absolute Gasteiger partial charge is 0.319 e. The van der Waals surface area contributed by atoms with Gasteiger partial charge in [0.2, 0.25) is 0 Å². The zero-order valence-corrected chi connectivity index (χ0v) is 9.84. The maximum atomic E-state index is 13.2. The molecule has 1 aromatic rings. The highest BCUT2D eigenvalue weighted by molar-refractivity contribution is 5.90. The predicted molar refractivity (Wildman–Crippen MR) is 60.2 cm³/mol. The van der Waals surface area contributed by atoms with E-state index < -0.39 is 41.2 Å². The molecule has 0 aliphatic carbocycles. The van der Waals surface area contributed by atoms with Gasteiger partial charge in [-0.2, -0.15) is 0 Å². The van der Waals surface area contributed by atoms with Crippen molar-refractivity contribution in [1.29, 1.82) is 0 Å². The molecule has 0 spiro atoms. The van der Waals surface area contributed by atoms with Gasteiger partial charge < -0.3 is 15.7 Å². The Bertz CT molecular complexity index is 485. The van der Waals surface area contributed by atoms with Gasteiger partial charge in [0.1, 0.15) is 11.5 Å². The highest BCUT2D eigenvalue weighted by atomic mass is 19.1. The van der Waals surface area contributed by atoms with Crippen LogP contribution in [0, 0.1) is 17.5 Å². The number of carbonyl (C=O) groups excluding carboxylic acids is 1. The molecule has 0 radical (unpaired) electrons. The number of carboxylic acid groups (broad SMARTS) is 1. The van der Waals surface area contributed by atoms with Crippen LogP contribution in [-0.2, 0) is 4.79 Å². The third-order valence-corrected chi connectivity index (χ3v) is 2.10. The third-order valence-electron chi connectivity index (χ3n) is 2.10. The molecule has 0 aliphatic rings. The van der Waals surface area contributed by atoms with Crippen molar-refractivity contribution < 1.29 is 27.9 Å². The summed E-state index contributed by atoms with van der Waals surface area (Å²) < 4.78 is 39.0. The summed E-state index contributed by atoms with van der Waals surface area (Å²) in [5, 5.41) is 12.5. The standard InChI is InChI=1S/C11H11F3N2O3/c1-5(2-9(17)18)15-11(19)16-10-7(13)3-6(12)4-8(10)14/h3-5H,2H2,1H3,(H,17,18)(H2,15,16,19). The van der Waals surface area contributed by atoms with Gasteiger partial charge in [-0.15, -0.1) is 0 Å². The van der Waals surface area contributed by atoms with Crippen molar-refractivity contribution >= 4 is 17.7 Å². The van der Waals surface area contributed by atoms with Gasteiger partial charge in [-0.3, -0.25) is 4.79 Å². The molecule has 0 saturated carbocycles. The van der Waals surface area contributed by atoms with Crippen LogP contribution >= 0.6 is 0 Å². The van der Waals surface area contributed by atoms with Gasteiger partial charge in [-0.25, -0.2) is 18.0 Å². The first-order valence-corrected chi connectivity index (χ1v) is 5.23. The first kappa shape index (κ1) is 14.8. The van der Waals surface area contributed by atoms with Crippen LogP contribution in [0.5, 0.6) is 0 Å². The zero-order chi connectivity index (χ0) is 14.6. The molecule has 1 rings (SSSR count). The van der Waals surface area contributed by atoms with E-state index in [2.05, 4.69) is 5.32 Å². The van der Waals surface area contributed by atoms with Crippen LogP contribution in [0.15, 0.2) is 12.1 Å². The fourth-order valence-electron chi connectivity index (χ4n) is 1.35. The van der Waals surface area contributed by atoms with Gasteiger partial charge in [0.05, 0.1) is 6.42 Å². The Kier molecular flexibility index (Phi) is 4.74. The molecule has 2 amide bonds. The number of aliphatic carboxylic acids is 1. The number of urea groups is 1. The molecular weight excluding hydrogens is 265 g/mol. The minimum absolute atomic E-state index is 0.345. The van der Waals surface area contributed by atoms with Crippen molar-refractivity contribution in [2.75, 3.05) is 5.32 Å². The van der Waals surface area contributed by atoms with Crippen molar-refractivity contribution in [2.45, 2.75) is 19.4 Å². The number of amides is 2. The molecule has 104 valence electrons. The van der Waals surface area contributed by atoms with E-state index in [1.165, 1.54) is 6.92 Å². The van der Waals surface area contributed by atoms with Crippen molar-refractivity contribution in [3.05, 3.63) is 29.6 Å². The van der Waals surface area contributed by atoms with Gasteiger partial charge >= 0.3 is 12.0 Å². The number of anilines is 1. The van der Waals surface area contributed by atoms with E-state index in [0.717, 1.165) is 0 Å². The molecule has 8 heteroatoms. The molecule has 0 aromatic heterocycles. The average molecular weight is 276 g/mol. The number of hydrogen-bond acceptors (Lipinski definition) is 2. The van der Waals surface area contributed by atoms with Crippen molar-refractivity contribution in [3.63, 3.8) is 0 Å². The summed E-state index contributed by atoms with van der Waals surface area (Å²) in [4.78, 5) is 21.7. The first-order valence-electron chi connectivity index (χ1n) is 5.23. The molecule has 0 saturated heterocycles. The Labute approximate surface area is 106 Å². The van der Waals surface area contributed by atoms with E-state index in [1.54, 1.807) is 0 Å².